The van der Waals surface area contributed by atoms with Gasteiger partial charge in [-0.05, 0) is 6.42 Å². The molecule has 0 aromatic heterocycles. The molecular formula is C7H10N4O2S. The van der Waals surface area contributed by atoms with Crippen LogP contribution in [-0.4, -0.2) is 33.9 Å². The molecule has 0 radical (unpaired) electrons. The second kappa shape index (κ2) is 5.44. The summed E-state index contributed by atoms with van der Waals surface area (Å²) in [6.45, 7) is 1.28. The van der Waals surface area contributed by atoms with Crippen LogP contribution in [0, 0.1) is 21.4 Å². The average molecular weight is 214 g/mol. The lowest BCUT2D eigenvalue weighted by molar-refractivity contribution is -0.485. The fourth-order valence-electron chi connectivity index (χ4n) is 1.16. The fraction of sp³-hybridized carbons (Fsp3) is 0.714. The SMILES string of the molecule is N#CCCN1CCCSC1=N[N+](=O)[O-]. The highest BCUT2D eigenvalue weighted by Gasteiger charge is 2.19. The number of nitro groups is 1. The number of amidine groups is 1. The molecule has 1 saturated heterocycles. The zero-order valence-corrected chi connectivity index (χ0v) is 8.37. The van der Waals surface area contributed by atoms with Crippen LogP contribution >= 0.6 is 11.8 Å². The quantitative estimate of drug-likeness (QED) is 0.514. The van der Waals surface area contributed by atoms with Gasteiger partial charge in [-0.1, -0.05) is 11.8 Å². The summed E-state index contributed by atoms with van der Waals surface area (Å²) in [5, 5.41) is 21.6. The van der Waals surface area contributed by atoms with E-state index in [0.29, 0.717) is 18.1 Å². The number of thioether (sulfide) groups is 1. The molecule has 0 bridgehead atoms. The molecule has 0 aromatic rings. The van der Waals surface area contributed by atoms with Crippen LogP contribution in [0.15, 0.2) is 5.10 Å². The summed E-state index contributed by atoms with van der Waals surface area (Å²) in [7, 11) is 0. The Balaban J connectivity index is 2.60. The molecule has 0 aliphatic carbocycles. The Kier molecular flexibility index (Phi) is 4.19. The second-order valence-electron chi connectivity index (χ2n) is 2.72. The van der Waals surface area contributed by atoms with Gasteiger partial charge < -0.3 is 4.90 Å². The summed E-state index contributed by atoms with van der Waals surface area (Å²) in [6.07, 6.45) is 1.35. The van der Waals surface area contributed by atoms with E-state index < -0.39 is 5.03 Å². The van der Waals surface area contributed by atoms with E-state index >= 15 is 0 Å². The molecule has 1 rings (SSSR count). The molecule has 0 amide bonds. The molecule has 14 heavy (non-hydrogen) atoms. The van der Waals surface area contributed by atoms with Gasteiger partial charge in [-0.15, -0.1) is 0 Å². The lowest BCUT2D eigenvalue weighted by Gasteiger charge is -2.26. The van der Waals surface area contributed by atoms with E-state index in [4.69, 9.17) is 5.26 Å². The minimum absolute atomic E-state index is 0.372. The average Bonchev–Trinajstić information content (AvgIpc) is 2.16. The molecule has 0 N–H and O–H groups in total. The van der Waals surface area contributed by atoms with Gasteiger partial charge in [-0.2, -0.15) is 5.26 Å². The maximum Gasteiger partial charge on any atom is 0.237 e. The van der Waals surface area contributed by atoms with E-state index in [1.807, 2.05) is 6.07 Å². The van der Waals surface area contributed by atoms with Crippen molar-refractivity contribution < 1.29 is 5.03 Å². The zero-order chi connectivity index (χ0) is 10.4. The van der Waals surface area contributed by atoms with Crippen molar-refractivity contribution in [1.82, 2.24) is 4.90 Å². The second-order valence-corrected chi connectivity index (χ2v) is 3.78. The van der Waals surface area contributed by atoms with Crippen molar-refractivity contribution in [3.8, 4) is 6.07 Å². The van der Waals surface area contributed by atoms with Crippen LogP contribution < -0.4 is 0 Å². The number of nitrogens with zero attached hydrogens (tertiary/aromatic N) is 4. The van der Waals surface area contributed by atoms with Crippen LogP contribution in [0.4, 0.5) is 0 Å². The van der Waals surface area contributed by atoms with E-state index in [0.717, 1.165) is 18.7 Å². The Morgan fingerprint density at radius 3 is 3.21 bits per heavy atom. The first-order chi connectivity index (χ1) is 6.74. The molecule has 6 nitrogen and oxygen atoms in total. The highest BCUT2D eigenvalue weighted by molar-refractivity contribution is 8.13. The van der Waals surface area contributed by atoms with E-state index in [-0.39, 0.29) is 0 Å². The first kappa shape index (κ1) is 10.8. The van der Waals surface area contributed by atoms with Crippen molar-refractivity contribution in [3.63, 3.8) is 0 Å². The third-order valence-electron chi connectivity index (χ3n) is 1.73. The third-order valence-corrected chi connectivity index (χ3v) is 2.83. The van der Waals surface area contributed by atoms with Crippen molar-refractivity contribution in [3.05, 3.63) is 10.1 Å². The van der Waals surface area contributed by atoms with Crippen LogP contribution in [0.5, 0.6) is 0 Å². The molecule has 1 heterocycles. The van der Waals surface area contributed by atoms with Gasteiger partial charge in [-0.25, -0.2) is 10.1 Å². The van der Waals surface area contributed by atoms with Gasteiger partial charge in [0.1, 0.15) is 0 Å². The lowest BCUT2D eigenvalue weighted by Crippen LogP contribution is -2.35. The topological polar surface area (TPSA) is 82.5 Å². The van der Waals surface area contributed by atoms with Gasteiger partial charge in [0.15, 0.2) is 5.03 Å². The number of rotatable bonds is 3. The molecule has 0 saturated carbocycles. The number of hydrazone groups is 1. The molecular weight excluding hydrogens is 204 g/mol. The summed E-state index contributed by atoms with van der Waals surface area (Å²) in [5.74, 6) is 0.857. The molecule has 1 fully saturated rings. The van der Waals surface area contributed by atoms with Gasteiger partial charge in [-0.3, -0.25) is 0 Å². The van der Waals surface area contributed by atoms with Crippen molar-refractivity contribution >= 4 is 16.9 Å². The molecule has 76 valence electrons. The van der Waals surface area contributed by atoms with Gasteiger partial charge in [0.2, 0.25) is 5.17 Å². The van der Waals surface area contributed by atoms with Gasteiger partial charge in [0.25, 0.3) is 0 Å². The molecule has 0 atom stereocenters. The number of hydrogen-bond donors (Lipinski definition) is 0. The molecule has 0 aromatic carbocycles. The molecule has 7 heteroatoms. The molecule has 1 aliphatic rings. The first-order valence-corrected chi connectivity index (χ1v) is 5.20. The van der Waals surface area contributed by atoms with Crippen molar-refractivity contribution in [2.75, 3.05) is 18.8 Å². The van der Waals surface area contributed by atoms with Gasteiger partial charge >= 0.3 is 0 Å². The lowest BCUT2D eigenvalue weighted by atomic mass is 10.4. The standard InChI is InChI=1S/C7H10N4O2S/c8-3-1-4-10-5-2-6-14-7(10)9-11(12)13/h1-2,4-6H2. The van der Waals surface area contributed by atoms with Crippen LogP contribution in [0.25, 0.3) is 0 Å². The minimum Gasteiger partial charge on any atom is -0.345 e. The summed E-state index contributed by atoms with van der Waals surface area (Å²) in [5.41, 5.74) is 0. The molecule has 0 spiro atoms. The molecule has 0 unspecified atom stereocenters. The third kappa shape index (κ3) is 3.22. The smallest absolute Gasteiger partial charge is 0.237 e. The molecule has 1 aliphatic heterocycles. The van der Waals surface area contributed by atoms with E-state index in [9.17, 15) is 10.1 Å². The van der Waals surface area contributed by atoms with Crippen molar-refractivity contribution in [1.29, 1.82) is 5.26 Å². The Labute approximate surface area is 85.7 Å². The minimum atomic E-state index is -0.687. The van der Waals surface area contributed by atoms with E-state index in [2.05, 4.69) is 5.10 Å². The largest absolute Gasteiger partial charge is 0.345 e. The Morgan fingerprint density at radius 1 is 1.79 bits per heavy atom. The van der Waals surface area contributed by atoms with Gasteiger partial charge in [0, 0.05) is 18.8 Å². The Bertz CT molecular complexity index is 286. The van der Waals surface area contributed by atoms with Crippen molar-refractivity contribution in [2.45, 2.75) is 12.8 Å². The first-order valence-electron chi connectivity index (χ1n) is 4.21. The summed E-state index contributed by atoms with van der Waals surface area (Å²) in [6, 6.07) is 2.01. The van der Waals surface area contributed by atoms with Gasteiger partial charge in [0.05, 0.1) is 17.6 Å². The fourth-order valence-corrected chi connectivity index (χ4v) is 2.11. The number of hydrogen-bond acceptors (Lipinski definition) is 4. The van der Waals surface area contributed by atoms with E-state index in [1.54, 1.807) is 4.90 Å². The predicted molar refractivity (Wildman–Crippen MR) is 53.3 cm³/mol. The maximum absolute atomic E-state index is 10.2. The Morgan fingerprint density at radius 2 is 2.57 bits per heavy atom. The Hall–Kier alpha value is -1.29. The predicted octanol–water partition coefficient (Wildman–Crippen LogP) is 0.887. The summed E-state index contributed by atoms with van der Waals surface area (Å²) >= 11 is 1.37. The van der Waals surface area contributed by atoms with E-state index in [1.165, 1.54) is 11.8 Å². The van der Waals surface area contributed by atoms with Crippen LogP contribution in [0.2, 0.25) is 0 Å². The van der Waals surface area contributed by atoms with Crippen LogP contribution in [0.3, 0.4) is 0 Å². The monoisotopic (exact) mass is 214 g/mol. The summed E-state index contributed by atoms with van der Waals surface area (Å²) < 4.78 is 0. The highest BCUT2D eigenvalue weighted by atomic mass is 32.2. The normalized spacial score (nSPS) is 19.4. The van der Waals surface area contributed by atoms with Crippen LogP contribution in [0.1, 0.15) is 12.8 Å². The summed E-state index contributed by atoms with van der Waals surface area (Å²) in [4.78, 5) is 12.0. The number of nitriles is 1. The zero-order valence-electron chi connectivity index (χ0n) is 7.55. The highest BCUT2D eigenvalue weighted by Crippen LogP contribution is 2.17. The van der Waals surface area contributed by atoms with Crippen molar-refractivity contribution in [2.24, 2.45) is 5.10 Å². The van der Waals surface area contributed by atoms with Crippen LogP contribution in [-0.2, 0) is 0 Å². The maximum atomic E-state index is 10.2.